The molecule has 1 N–H and O–H groups in total. The van der Waals surface area contributed by atoms with Crippen molar-refractivity contribution in [2.75, 3.05) is 19.6 Å². The smallest absolute Gasteiger partial charge is 0.260 e. The van der Waals surface area contributed by atoms with Gasteiger partial charge in [0.25, 0.3) is 5.91 Å². The third-order valence-electron chi connectivity index (χ3n) is 3.70. The number of carbonyl (C=O) groups is 1. The quantitative estimate of drug-likeness (QED) is 0.920. The molecule has 0 bridgehead atoms. The van der Waals surface area contributed by atoms with Gasteiger partial charge < -0.3 is 10.2 Å². The first-order valence-electron chi connectivity index (χ1n) is 7.02. The molecule has 0 aliphatic carbocycles. The van der Waals surface area contributed by atoms with E-state index in [1.54, 1.807) is 4.90 Å². The minimum atomic E-state index is -0.787. The molecule has 1 unspecified atom stereocenters. The van der Waals surface area contributed by atoms with Crippen LogP contribution in [0, 0.1) is 18.6 Å². The Morgan fingerprint density at radius 3 is 2.80 bits per heavy atom. The molecule has 2 rings (SSSR count). The van der Waals surface area contributed by atoms with E-state index < -0.39 is 23.1 Å². The molecule has 0 saturated carbocycles. The van der Waals surface area contributed by atoms with Crippen molar-refractivity contribution in [1.82, 2.24) is 10.2 Å². The first-order valence-corrected chi connectivity index (χ1v) is 7.02. The van der Waals surface area contributed by atoms with E-state index in [4.69, 9.17) is 0 Å². The van der Waals surface area contributed by atoms with Crippen LogP contribution >= 0.6 is 0 Å². The lowest BCUT2D eigenvalue weighted by molar-refractivity contribution is 0.0682. The number of hydrogen-bond acceptors (Lipinski definition) is 2. The zero-order chi connectivity index (χ0) is 14.7. The molecule has 3 nitrogen and oxygen atoms in total. The summed E-state index contributed by atoms with van der Waals surface area (Å²) in [5, 5.41) is 3.18. The topological polar surface area (TPSA) is 32.3 Å². The van der Waals surface area contributed by atoms with Crippen LogP contribution in [0.3, 0.4) is 0 Å². The standard InChI is InChI=1S/C15H20F2N2O/c1-3-8-19(11-6-7-18-9-11)15(20)13-12(16)5-4-10(2)14(13)17/h4-5,11,18H,3,6-9H2,1-2H3. The highest BCUT2D eigenvalue weighted by molar-refractivity contribution is 5.95. The zero-order valence-electron chi connectivity index (χ0n) is 11.9. The molecule has 1 fully saturated rings. The molecule has 1 aromatic carbocycles. The van der Waals surface area contributed by atoms with Crippen molar-refractivity contribution in [1.29, 1.82) is 0 Å². The minimum absolute atomic E-state index is 0.0155. The Kier molecular flexibility index (Phi) is 4.70. The Balaban J connectivity index is 2.34. The van der Waals surface area contributed by atoms with Gasteiger partial charge in [-0.3, -0.25) is 4.79 Å². The lowest BCUT2D eigenvalue weighted by atomic mass is 10.1. The SMILES string of the molecule is CCCN(C(=O)c1c(F)ccc(C)c1F)C1CCNC1. The summed E-state index contributed by atoms with van der Waals surface area (Å²) >= 11 is 0. The van der Waals surface area contributed by atoms with E-state index in [0.717, 1.165) is 25.5 Å². The van der Waals surface area contributed by atoms with Gasteiger partial charge in [0.15, 0.2) is 0 Å². The van der Waals surface area contributed by atoms with Crippen LogP contribution in [0.4, 0.5) is 8.78 Å². The third-order valence-corrected chi connectivity index (χ3v) is 3.70. The van der Waals surface area contributed by atoms with Crippen molar-refractivity contribution in [2.24, 2.45) is 0 Å². The molecule has 1 atom stereocenters. The number of rotatable bonds is 4. The van der Waals surface area contributed by atoms with Crippen molar-refractivity contribution in [3.63, 3.8) is 0 Å². The van der Waals surface area contributed by atoms with Crippen LogP contribution in [0.25, 0.3) is 0 Å². The Morgan fingerprint density at radius 2 is 2.20 bits per heavy atom. The maximum atomic E-state index is 14.1. The molecule has 20 heavy (non-hydrogen) atoms. The summed E-state index contributed by atoms with van der Waals surface area (Å²) in [5.41, 5.74) is -0.138. The Bertz CT molecular complexity index is 499. The first kappa shape index (κ1) is 14.9. The average molecular weight is 282 g/mol. The monoisotopic (exact) mass is 282 g/mol. The predicted octanol–water partition coefficient (Wildman–Crippen LogP) is 2.49. The average Bonchev–Trinajstić information content (AvgIpc) is 2.94. The summed E-state index contributed by atoms with van der Waals surface area (Å²) in [4.78, 5) is 14.1. The maximum absolute atomic E-state index is 14.1. The van der Waals surface area contributed by atoms with Crippen LogP contribution in [0.1, 0.15) is 35.7 Å². The fraction of sp³-hybridized carbons (Fsp3) is 0.533. The molecule has 0 aromatic heterocycles. The molecule has 1 aliphatic rings. The van der Waals surface area contributed by atoms with E-state index >= 15 is 0 Å². The van der Waals surface area contributed by atoms with Crippen molar-refractivity contribution in [3.05, 3.63) is 34.9 Å². The summed E-state index contributed by atoms with van der Waals surface area (Å²) in [6, 6.07) is 2.52. The van der Waals surface area contributed by atoms with Gasteiger partial charge in [-0.1, -0.05) is 13.0 Å². The molecular formula is C15H20F2N2O. The van der Waals surface area contributed by atoms with Crippen molar-refractivity contribution in [3.8, 4) is 0 Å². The number of benzene rings is 1. The first-order chi connectivity index (χ1) is 9.56. The van der Waals surface area contributed by atoms with E-state index in [-0.39, 0.29) is 11.6 Å². The highest BCUT2D eigenvalue weighted by Gasteiger charge is 2.30. The van der Waals surface area contributed by atoms with Gasteiger partial charge in [0.1, 0.15) is 17.2 Å². The molecule has 110 valence electrons. The molecule has 1 aliphatic heterocycles. The second-order valence-corrected chi connectivity index (χ2v) is 5.20. The fourth-order valence-corrected chi connectivity index (χ4v) is 2.59. The van der Waals surface area contributed by atoms with Gasteiger partial charge in [-0.15, -0.1) is 0 Å². The number of nitrogens with zero attached hydrogens (tertiary/aromatic N) is 1. The molecule has 0 radical (unpaired) electrons. The fourth-order valence-electron chi connectivity index (χ4n) is 2.59. The summed E-state index contributed by atoms with van der Waals surface area (Å²) in [7, 11) is 0. The largest absolute Gasteiger partial charge is 0.334 e. The highest BCUT2D eigenvalue weighted by atomic mass is 19.1. The highest BCUT2D eigenvalue weighted by Crippen LogP contribution is 2.21. The van der Waals surface area contributed by atoms with Crippen molar-refractivity contribution >= 4 is 5.91 Å². The number of carbonyl (C=O) groups excluding carboxylic acids is 1. The maximum Gasteiger partial charge on any atom is 0.260 e. The van der Waals surface area contributed by atoms with Crippen LogP contribution in [-0.2, 0) is 0 Å². The van der Waals surface area contributed by atoms with E-state index in [1.165, 1.54) is 13.0 Å². The van der Waals surface area contributed by atoms with Gasteiger partial charge in [-0.05, 0) is 37.9 Å². The molecule has 5 heteroatoms. The van der Waals surface area contributed by atoms with Crippen LogP contribution < -0.4 is 5.32 Å². The molecule has 0 spiro atoms. The summed E-state index contributed by atoms with van der Waals surface area (Å²) in [5.74, 6) is -2.08. The van der Waals surface area contributed by atoms with Gasteiger partial charge in [-0.25, -0.2) is 8.78 Å². The number of nitrogens with one attached hydrogen (secondary N) is 1. The lowest BCUT2D eigenvalue weighted by Crippen LogP contribution is -2.42. The molecule has 1 saturated heterocycles. The zero-order valence-corrected chi connectivity index (χ0v) is 11.9. The lowest BCUT2D eigenvalue weighted by Gasteiger charge is -2.28. The molecule has 1 amide bonds. The summed E-state index contributed by atoms with van der Waals surface area (Å²) < 4.78 is 28.0. The van der Waals surface area contributed by atoms with E-state index in [2.05, 4.69) is 5.32 Å². The number of amides is 1. The van der Waals surface area contributed by atoms with Crippen LogP contribution in [0.15, 0.2) is 12.1 Å². The van der Waals surface area contributed by atoms with Gasteiger partial charge >= 0.3 is 0 Å². The normalized spacial score (nSPS) is 18.3. The Hall–Kier alpha value is -1.49. The van der Waals surface area contributed by atoms with E-state index in [0.29, 0.717) is 13.1 Å². The van der Waals surface area contributed by atoms with Crippen LogP contribution in [0.5, 0.6) is 0 Å². The second kappa shape index (κ2) is 6.31. The third kappa shape index (κ3) is 2.82. The number of halogens is 2. The van der Waals surface area contributed by atoms with Crippen molar-refractivity contribution in [2.45, 2.75) is 32.7 Å². The molecule has 1 heterocycles. The van der Waals surface area contributed by atoms with Crippen molar-refractivity contribution < 1.29 is 13.6 Å². The Labute approximate surface area is 118 Å². The van der Waals surface area contributed by atoms with Gasteiger partial charge in [0, 0.05) is 19.1 Å². The molecule has 1 aromatic rings. The predicted molar refractivity (Wildman–Crippen MR) is 73.7 cm³/mol. The minimum Gasteiger partial charge on any atom is -0.334 e. The van der Waals surface area contributed by atoms with E-state index in [1.807, 2.05) is 6.92 Å². The van der Waals surface area contributed by atoms with Gasteiger partial charge in [0.2, 0.25) is 0 Å². The summed E-state index contributed by atoms with van der Waals surface area (Å²) in [6.45, 7) is 5.51. The Morgan fingerprint density at radius 1 is 1.45 bits per heavy atom. The van der Waals surface area contributed by atoms with E-state index in [9.17, 15) is 13.6 Å². The second-order valence-electron chi connectivity index (χ2n) is 5.20. The van der Waals surface area contributed by atoms with Crippen LogP contribution in [-0.4, -0.2) is 36.5 Å². The number of aryl methyl sites for hydroxylation is 1. The molecular weight excluding hydrogens is 262 g/mol. The number of hydrogen-bond donors (Lipinski definition) is 1. The van der Waals surface area contributed by atoms with Gasteiger partial charge in [-0.2, -0.15) is 0 Å². The van der Waals surface area contributed by atoms with Crippen LogP contribution in [0.2, 0.25) is 0 Å². The van der Waals surface area contributed by atoms with Gasteiger partial charge in [0.05, 0.1) is 0 Å². The summed E-state index contributed by atoms with van der Waals surface area (Å²) in [6.07, 6.45) is 1.58.